The van der Waals surface area contributed by atoms with Gasteiger partial charge in [-0.2, -0.15) is 0 Å². The first-order valence-electron chi connectivity index (χ1n) is 4.47. The molecule has 0 bridgehead atoms. The molecule has 64 valence electrons. The molecule has 0 fully saturated rings. The molecule has 0 spiro atoms. The summed E-state index contributed by atoms with van der Waals surface area (Å²) in [6.07, 6.45) is 8.12. The van der Waals surface area contributed by atoms with Gasteiger partial charge < -0.3 is 0 Å². The van der Waals surface area contributed by atoms with Crippen LogP contribution in [0.1, 0.15) is 6.42 Å². The Balaban J connectivity index is 3.11. The van der Waals surface area contributed by atoms with E-state index in [0.717, 1.165) is 0 Å². The third-order valence-corrected chi connectivity index (χ3v) is 15.0. The van der Waals surface area contributed by atoms with Gasteiger partial charge in [0.15, 0.2) is 0 Å². The van der Waals surface area contributed by atoms with Crippen LogP contribution in [0.2, 0.25) is 18.5 Å². The van der Waals surface area contributed by atoms with Gasteiger partial charge in [0, 0.05) is 0 Å². The first-order valence-corrected chi connectivity index (χ1v) is 23.9. The molecule has 0 nitrogen and oxygen atoms in total. The summed E-state index contributed by atoms with van der Waals surface area (Å²) in [5, 5.41) is 0. The fourth-order valence-corrected chi connectivity index (χ4v) is 8.65. The van der Waals surface area contributed by atoms with Crippen molar-refractivity contribution in [2.45, 2.75) is 24.9 Å². The van der Waals surface area contributed by atoms with Crippen LogP contribution in [-0.4, -0.2) is 7.37 Å². The number of rotatable bonds is 1. The zero-order valence-corrected chi connectivity index (χ0v) is 12.9. The van der Waals surface area contributed by atoms with Crippen LogP contribution < -0.4 is 0 Å². The van der Waals surface area contributed by atoms with Gasteiger partial charge in [-0.1, -0.05) is 0 Å². The van der Waals surface area contributed by atoms with Gasteiger partial charge in [-0.25, -0.2) is 0 Å². The van der Waals surface area contributed by atoms with Gasteiger partial charge in [-0.3, -0.25) is 0 Å². The monoisotopic (exact) mass is 246 g/mol. The van der Waals surface area contributed by atoms with Crippen molar-refractivity contribution in [3.05, 3.63) is 21.5 Å². The van der Waals surface area contributed by atoms with Gasteiger partial charge in [0.05, 0.1) is 0 Å². The van der Waals surface area contributed by atoms with E-state index in [4.69, 9.17) is 0 Å². The van der Waals surface area contributed by atoms with Gasteiger partial charge in [-0.15, -0.1) is 0 Å². The van der Waals surface area contributed by atoms with Gasteiger partial charge in [0.2, 0.25) is 0 Å². The van der Waals surface area contributed by atoms with Crippen molar-refractivity contribution in [3.63, 3.8) is 0 Å². The topological polar surface area (TPSA) is 0 Å². The third-order valence-electron chi connectivity index (χ3n) is 2.38. The van der Waals surface area contributed by atoms with E-state index in [1.165, 1.54) is 13.8 Å². The zero-order valence-electron chi connectivity index (χ0n) is 8.44. The summed E-state index contributed by atoms with van der Waals surface area (Å²) in [6.45, 7) is 0. The number of allylic oxidation sites excluding steroid dienone is 4. The van der Waals surface area contributed by atoms with Crippen molar-refractivity contribution in [1.82, 2.24) is 0 Å². The molecule has 0 aromatic rings. The summed E-state index contributed by atoms with van der Waals surface area (Å²) in [5.41, 5.74) is 0. The molecule has 0 aliphatic heterocycles. The molecule has 2 heteroatoms. The Morgan fingerprint density at radius 2 is 1.82 bits per heavy atom. The maximum atomic E-state index is 2.56. The summed E-state index contributed by atoms with van der Waals surface area (Å²) < 4.78 is 12.0. The first-order chi connectivity index (χ1) is 4.59. The van der Waals surface area contributed by atoms with Crippen LogP contribution in [0.3, 0.4) is 0 Å². The molecule has 0 atom stereocenters. The molecule has 0 radical (unpaired) electrons. The molecule has 0 heterocycles. The van der Waals surface area contributed by atoms with Crippen molar-refractivity contribution in [3.8, 4) is 0 Å². The second-order valence-electron chi connectivity index (χ2n) is 7.57. The summed E-state index contributed by atoms with van der Waals surface area (Å²) in [7, 11) is 1.38. The second kappa shape index (κ2) is 1.90. The van der Waals surface area contributed by atoms with Crippen LogP contribution in [0.4, 0.5) is 0 Å². The van der Waals surface area contributed by atoms with Crippen molar-refractivity contribution in [1.29, 1.82) is 0 Å². The Bertz CT molecular complexity index is 236. The summed E-state index contributed by atoms with van der Waals surface area (Å²) >= 11 is -2.64. The molecule has 1 aliphatic rings. The van der Waals surface area contributed by atoms with E-state index in [9.17, 15) is 0 Å². The Labute approximate surface area is 70.0 Å². The zero-order chi connectivity index (χ0) is 8.81. The van der Waals surface area contributed by atoms with Crippen LogP contribution >= 0.6 is 0 Å². The molecule has 0 saturated heterocycles. The van der Waals surface area contributed by atoms with Crippen molar-refractivity contribution >= 4 is 7.37 Å². The minimum atomic E-state index is -2.64. The molecule has 0 N–H and O–H groups in total. The fourth-order valence-electron chi connectivity index (χ4n) is 1.37. The standard InChI is InChI=1S/C5H5.4CH3.H3Si.Zr/c1-2-4-5-3-1;;;;;;/h1-3H,4H2;5*1H3;. The van der Waals surface area contributed by atoms with E-state index in [2.05, 4.69) is 36.8 Å². The van der Waals surface area contributed by atoms with Gasteiger partial charge in [-0.05, 0) is 0 Å². The van der Waals surface area contributed by atoms with Crippen LogP contribution in [0.5, 0.6) is 0 Å². The third kappa shape index (κ3) is 2.52. The van der Waals surface area contributed by atoms with E-state index in [1.807, 2.05) is 0 Å². The normalized spacial score (nSPS) is 24.5. The first kappa shape index (κ1) is 9.67. The second-order valence-corrected chi connectivity index (χ2v) is 66.5. The van der Waals surface area contributed by atoms with Crippen LogP contribution in [-0.2, 0) is 16.5 Å². The molecular weight excluding hydrogens is 227 g/mol. The van der Waals surface area contributed by atoms with Crippen LogP contribution in [0.15, 0.2) is 21.5 Å². The average molecular weight is 248 g/mol. The number of hydrogen-bond donors (Lipinski definition) is 0. The predicted molar refractivity (Wildman–Crippen MR) is 55.2 cm³/mol. The van der Waals surface area contributed by atoms with Crippen LogP contribution in [0.25, 0.3) is 0 Å². The molecule has 0 saturated carbocycles. The molecule has 11 heavy (non-hydrogen) atoms. The van der Waals surface area contributed by atoms with E-state index < -0.39 is 16.5 Å². The Morgan fingerprint density at radius 3 is 2.00 bits per heavy atom. The van der Waals surface area contributed by atoms with Crippen molar-refractivity contribution in [2.24, 2.45) is 0 Å². The number of hydrogen-bond acceptors (Lipinski definition) is 0. The maximum absolute atomic E-state index is 2.64. The Morgan fingerprint density at radius 1 is 1.27 bits per heavy atom. The van der Waals surface area contributed by atoms with Gasteiger partial charge in [0.1, 0.15) is 0 Å². The SMILES string of the molecule is [CH3][Zr]([CH3])([CH3])([CH3])([SiH3])[C]1=CC=CC1. The van der Waals surface area contributed by atoms with Crippen LogP contribution in [0, 0.1) is 0 Å². The van der Waals surface area contributed by atoms with E-state index >= 15 is 0 Å². The Kier molecular flexibility index (Phi) is 1.67. The molecule has 0 aromatic heterocycles. The summed E-state index contributed by atoms with van der Waals surface area (Å²) in [5.74, 6) is 0. The quantitative estimate of drug-likeness (QED) is 0.625. The molecular formula is C9H20SiZr. The van der Waals surface area contributed by atoms with Gasteiger partial charge in [0.25, 0.3) is 0 Å². The van der Waals surface area contributed by atoms with Gasteiger partial charge >= 0.3 is 70.3 Å². The summed E-state index contributed by atoms with van der Waals surface area (Å²) in [6, 6.07) is 0. The minimum absolute atomic E-state index is 1.24. The predicted octanol–water partition coefficient (Wildman–Crippen LogP) is 2.53. The van der Waals surface area contributed by atoms with E-state index in [-0.39, 0.29) is 0 Å². The van der Waals surface area contributed by atoms with E-state index in [0.29, 0.717) is 0 Å². The van der Waals surface area contributed by atoms with E-state index in [1.54, 1.807) is 3.28 Å². The Hall–Kier alpha value is 0.580. The average Bonchev–Trinajstić information content (AvgIpc) is 2.01. The van der Waals surface area contributed by atoms with Crippen molar-refractivity contribution in [2.75, 3.05) is 0 Å². The summed E-state index contributed by atoms with van der Waals surface area (Å²) in [4.78, 5) is 0. The molecule has 0 aromatic carbocycles. The molecule has 1 rings (SSSR count). The van der Waals surface area contributed by atoms with Crippen molar-refractivity contribution < 1.29 is 16.5 Å². The molecule has 1 aliphatic carbocycles. The molecule has 0 amide bonds. The fraction of sp³-hybridized carbons (Fsp3) is 0.556. The molecule has 0 unspecified atom stereocenters.